The van der Waals surface area contributed by atoms with Gasteiger partial charge in [-0.1, -0.05) is 0 Å². The van der Waals surface area contributed by atoms with Crippen LogP contribution >= 0.6 is 11.8 Å². The molecule has 0 fully saturated rings. The van der Waals surface area contributed by atoms with Gasteiger partial charge in [-0.15, -0.1) is 11.8 Å². The van der Waals surface area contributed by atoms with Gasteiger partial charge in [0.15, 0.2) is 0 Å². The molecule has 0 rings (SSSR count). The van der Waals surface area contributed by atoms with Crippen molar-refractivity contribution in [1.82, 2.24) is 4.90 Å². The molecule has 0 aromatic heterocycles. The molecule has 0 saturated carbocycles. The first kappa shape index (κ1) is 9.27. The van der Waals surface area contributed by atoms with Crippen molar-refractivity contribution >= 4 is 11.8 Å². The number of thioether (sulfide) groups is 1. The van der Waals surface area contributed by atoms with Gasteiger partial charge in [-0.05, 0) is 21.0 Å². The smallest absolute Gasteiger partial charge is 0.0965 e. The Balaban J connectivity index is 2.91. The first-order valence-electron chi connectivity index (χ1n) is 3.07. The van der Waals surface area contributed by atoms with Crippen LogP contribution in [0.2, 0.25) is 0 Å². The molecular weight excluding hydrogens is 134 g/mol. The lowest BCUT2D eigenvalue weighted by molar-refractivity contribution is 0.283. The topological polar surface area (TPSA) is 23.5 Å². The second kappa shape index (κ2) is 5.09. The van der Waals surface area contributed by atoms with Gasteiger partial charge in [0.1, 0.15) is 0 Å². The maximum absolute atomic E-state index is 8.81. The Labute approximate surface area is 61.2 Å². The van der Waals surface area contributed by atoms with E-state index in [0.717, 1.165) is 12.3 Å². The van der Waals surface area contributed by atoms with Crippen LogP contribution in [0.15, 0.2) is 0 Å². The lowest BCUT2D eigenvalue weighted by Crippen LogP contribution is -2.15. The molecule has 56 valence electrons. The van der Waals surface area contributed by atoms with Crippen molar-refractivity contribution in [3.63, 3.8) is 0 Å². The van der Waals surface area contributed by atoms with Gasteiger partial charge in [0.2, 0.25) is 0 Å². The van der Waals surface area contributed by atoms with Gasteiger partial charge < -0.3 is 10.0 Å². The number of nitrogens with zero attached hydrogens (tertiary/aromatic N) is 1. The summed E-state index contributed by atoms with van der Waals surface area (Å²) in [6, 6.07) is 0. The Morgan fingerprint density at radius 1 is 1.56 bits per heavy atom. The molecule has 0 aliphatic carbocycles. The molecule has 0 saturated heterocycles. The Kier molecular flexibility index (Phi) is 5.24. The fourth-order valence-electron chi connectivity index (χ4n) is 0.406. The van der Waals surface area contributed by atoms with E-state index < -0.39 is 0 Å². The van der Waals surface area contributed by atoms with Crippen LogP contribution in [-0.4, -0.2) is 41.8 Å². The van der Waals surface area contributed by atoms with Crippen LogP contribution in [0, 0.1) is 0 Å². The molecule has 1 atom stereocenters. The quantitative estimate of drug-likeness (QED) is 0.593. The molecule has 2 nitrogen and oxygen atoms in total. The van der Waals surface area contributed by atoms with Crippen molar-refractivity contribution in [2.24, 2.45) is 0 Å². The van der Waals surface area contributed by atoms with Crippen LogP contribution in [0.25, 0.3) is 0 Å². The third kappa shape index (κ3) is 8.27. The van der Waals surface area contributed by atoms with Gasteiger partial charge in [0, 0.05) is 12.3 Å². The highest BCUT2D eigenvalue weighted by Crippen LogP contribution is 2.05. The Hall–Kier alpha value is 0.270. The normalized spacial score (nSPS) is 14.3. The summed E-state index contributed by atoms with van der Waals surface area (Å²) in [6.45, 7) is 2.83. The Morgan fingerprint density at radius 2 is 2.11 bits per heavy atom. The summed E-state index contributed by atoms with van der Waals surface area (Å²) in [7, 11) is 4.06. The zero-order chi connectivity index (χ0) is 7.28. The van der Waals surface area contributed by atoms with Crippen molar-refractivity contribution in [2.75, 3.05) is 26.4 Å². The molecule has 0 aliphatic heterocycles. The fourth-order valence-corrected chi connectivity index (χ4v) is 1.22. The van der Waals surface area contributed by atoms with Gasteiger partial charge >= 0.3 is 0 Å². The van der Waals surface area contributed by atoms with Crippen LogP contribution in [0.4, 0.5) is 0 Å². The van der Waals surface area contributed by atoms with Crippen LogP contribution < -0.4 is 0 Å². The number of aliphatic hydroxyl groups excluding tert-OH is 1. The van der Waals surface area contributed by atoms with E-state index in [-0.39, 0.29) is 5.44 Å². The third-order valence-corrected chi connectivity index (χ3v) is 1.80. The van der Waals surface area contributed by atoms with Gasteiger partial charge in [-0.2, -0.15) is 0 Å². The van der Waals surface area contributed by atoms with Crippen molar-refractivity contribution in [3.8, 4) is 0 Å². The standard InChI is InChI=1S/C6H15NOS/c1-6(8)9-5-4-7(2)3/h6,8H,4-5H2,1-3H3. The van der Waals surface area contributed by atoms with Gasteiger partial charge in [0.25, 0.3) is 0 Å². The molecule has 0 radical (unpaired) electrons. The number of hydrogen-bond acceptors (Lipinski definition) is 3. The molecule has 3 heteroatoms. The van der Waals surface area contributed by atoms with Crippen molar-refractivity contribution in [3.05, 3.63) is 0 Å². The third-order valence-electron chi connectivity index (χ3n) is 0.898. The first-order valence-corrected chi connectivity index (χ1v) is 4.12. The molecule has 1 N–H and O–H groups in total. The van der Waals surface area contributed by atoms with Gasteiger partial charge in [-0.25, -0.2) is 0 Å². The van der Waals surface area contributed by atoms with Crippen LogP contribution in [0.1, 0.15) is 6.92 Å². The minimum atomic E-state index is -0.218. The number of aliphatic hydroxyl groups is 1. The molecule has 0 amide bonds. The second-order valence-corrected chi connectivity index (χ2v) is 3.70. The largest absolute Gasteiger partial charge is 0.383 e. The minimum Gasteiger partial charge on any atom is -0.383 e. The lowest BCUT2D eigenvalue weighted by Gasteiger charge is -2.09. The predicted molar refractivity (Wildman–Crippen MR) is 42.7 cm³/mol. The van der Waals surface area contributed by atoms with Crippen LogP contribution in [0.5, 0.6) is 0 Å². The fraction of sp³-hybridized carbons (Fsp3) is 1.00. The lowest BCUT2D eigenvalue weighted by atomic mass is 10.7. The molecular formula is C6H15NOS. The summed E-state index contributed by atoms with van der Waals surface area (Å²) in [5, 5.41) is 8.81. The van der Waals surface area contributed by atoms with Gasteiger partial charge in [0.05, 0.1) is 5.44 Å². The molecule has 0 bridgehead atoms. The van der Waals surface area contributed by atoms with E-state index in [2.05, 4.69) is 4.90 Å². The van der Waals surface area contributed by atoms with E-state index >= 15 is 0 Å². The van der Waals surface area contributed by atoms with Crippen LogP contribution in [-0.2, 0) is 0 Å². The summed E-state index contributed by atoms with van der Waals surface area (Å²) >= 11 is 1.57. The Morgan fingerprint density at radius 3 is 2.44 bits per heavy atom. The molecule has 0 aromatic carbocycles. The predicted octanol–water partition coefficient (Wildman–Crippen LogP) is 0.619. The van der Waals surface area contributed by atoms with E-state index in [9.17, 15) is 0 Å². The van der Waals surface area contributed by atoms with Crippen molar-refractivity contribution < 1.29 is 5.11 Å². The number of hydrogen-bond donors (Lipinski definition) is 1. The zero-order valence-corrected chi connectivity index (χ0v) is 7.11. The Bertz CT molecular complexity index is 58.1. The summed E-state index contributed by atoms with van der Waals surface area (Å²) < 4.78 is 0. The average molecular weight is 149 g/mol. The maximum Gasteiger partial charge on any atom is 0.0965 e. The first-order chi connectivity index (χ1) is 4.13. The second-order valence-electron chi connectivity index (χ2n) is 2.27. The molecule has 0 aromatic rings. The van der Waals surface area contributed by atoms with E-state index in [1.165, 1.54) is 0 Å². The summed E-state index contributed by atoms with van der Waals surface area (Å²) in [5.41, 5.74) is -0.218. The highest BCUT2D eigenvalue weighted by Gasteiger charge is 1.94. The molecule has 1 unspecified atom stereocenters. The molecule has 0 spiro atoms. The van der Waals surface area contributed by atoms with Gasteiger partial charge in [-0.3, -0.25) is 0 Å². The maximum atomic E-state index is 8.81. The van der Waals surface area contributed by atoms with E-state index in [0.29, 0.717) is 0 Å². The SMILES string of the molecule is CC(O)SCCN(C)C. The monoisotopic (exact) mass is 149 g/mol. The average Bonchev–Trinajstić information content (AvgIpc) is 1.63. The van der Waals surface area contributed by atoms with Crippen molar-refractivity contribution in [1.29, 1.82) is 0 Å². The van der Waals surface area contributed by atoms with E-state index in [1.807, 2.05) is 14.1 Å². The summed E-state index contributed by atoms with van der Waals surface area (Å²) in [6.07, 6.45) is 0. The summed E-state index contributed by atoms with van der Waals surface area (Å²) in [5.74, 6) is 1.00. The molecule has 0 heterocycles. The number of rotatable bonds is 4. The zero-order valence-electron chi connectivity index (χ0n) is 6.29. The van der Waals surface area contributed by atoms with E-state index in [4.69, 9.17) is 5.11 Å². The van der Waals surface area contributed by atoms with Crippen LogP contribution in [0.3, 0.4) is 0 Å². The van der Waals surface area contributed by atoms with Crippen molar-refractivity contribution in [2.45, 2.75) is 12.4 Å². The minimum absolute atomic E-state index is 0.218. The highest BCUT2D eigenvalue weighted by molar-refractivity contribution is 7.99. The molecule has 0 aliphatic rings. The highest BCUT2D eigenvalue weighted by atomic mass is 32.2. The molecule has 9 heavy (non-hydrogen) atoms. The summed E-state index contributed by atoms with van der Waals surface area (Å²) in [4.78, 5) is 2.11. The van der Waals surface area contributed by atoms with E-state index in [1.54, 1.807) is 18.7 Å².